The molecule has 2 fully saturated rings. The highest BCUT2D eigenvalue weighted by molar-refractivity contribution is 6.06. The molecule has 2 aliphatic heterocycles. The van der Waals surface area contributed by atoms with Crippen molar-refractivity contribution in [3.8, 4) is 5.75 Å². The van der Waals surface area contributed by atoms with E-state index in [1.807, 2.05) is 22.9 Å². The van der Waals surface area contributed by atoms with Gasteiger partial charge in [-0.3, -0.25) is 14.4 Å². The number of benzene rings is 1. The van der Waals surface area contributed by atoms with E-state index in [2.05, 4.69) is 15.1 Å². The van der Waals surface area contributed by atoms with Crippen molar-refractivity contribution in [2.75, 3.05) is 66.1 Å². The van der Waals surface area contributed by atoms with Crippen LogP contribution in [-0.4, -0.2) is 91.6 Å². The van der Waals surface area contributed by atoms with Gasteiger partial charge in [-0.05, 0) is 45.0 Å². The largest absolute Gasteiger partial charge is 0.494 e. The average molecular weight is 430 g/mol. The smallest absolute Gasteiger partial charge is 0.272 e. The maximum atomic E-state index is 13.0. The van der Waals surface area contributed by atoms with Gasteiger partial charge in [0.1, 0.15) is 11.3 Å². The second-order valence-corrected chi connectivity index (χ2v) is 8.39. The van der Waals surface area contributed by atoms with Crippen LogP contribution in [0.25, 0.3) is 10.9 Å². The summed E-state index contributed by atoms with van der Waals surface area (Å²) >= 11 is 0. The Labute approximate surface area is 184 Å². The summed E-state index contributed by atoms with van der Waals surface area (Å²) in [6.07, 6.45) is 4.90. The van der Waals surface area contributed by atoms with Crippen LogP contribution in [0.5, 0.6) is 5.75 Å². The van der Waals surface area contributed by atoms with Crippen LogP contribution in [-0.2, 0) is 11.3 Å². The van der Waals surface area contributed by atoms with E-state index in [4.69, 9.17) is 14.6 Å². The number of carbonyl (C=O) groups excluding carboxylic acids is 1. The predicted octanol–water partition coefficient (Wildman–Crippen LogP) is 1.98. The van der Waals surface area contributed by atoms with Gasteiger partial charge >= 0.3 is 0 Å². The van der Waals surface area contributed by atoms with Crippen molar-refractivity contribution in [3.05, 3.63) is 23.9 Å². The molecule has 2 saturated heterocycles. The second kappa shape index (κ2) is 10.9. The zero-order chi connectivity index (χ0) is 21.5. The molecule has 0 aliphatic carbocycles. The first-order valence-electron chi connectivity index (χ1n) is 11.6. The van der Waals surface area contributed by atoms with Gasteiger partial charge in [-0.25, -0.2) is 0 Å². The van der Waals surface area contributed by atoms with E-state index in [9.17, 15) is 4.79 Å². The normalized spacial score (nSPS) is 18.4. The monoisotopic (exact) mass is 429 g/mol. The van der Waals surface area contributed by atoms with Crippen molar-refractivity contribution in [3.63, 3.8) is 0 Å². The summed E-state index contributed by atoms with van der Waals surface area (Å²) in [4.78, 5) is 17.8. The van der Waals surface area contributed by atoms with Gasteiger partial charge in [-0.1, -0.05) is 18.6 Å². The SMILES string of the molecule is COc1cccc2c(C(=O)NCCCN3CCCCC3)nn(CCN3CCOCC3)c12. The minimum absolute atomic E-state index is 0.109. The number of nitrogens with one attached hydrogen (secondary N) is 1. The van der Waals surface area contributed by atoms with Crippen molar-refractivity contribution < 1.29 is 14.3 Å². The summed E-state index contributed by atoms with van der Waals surface area (Å²) in [5.41, 5.74) is 1.37. The molecule has 1 aromatic heterocycles. The summed E-state index contributed by atoms with van der Waals surface area (Å²) < 4.78 is 12.9. The van der Waals surface area contributed by atoms with Gasteiger partial charge in [0.05, 0.1) is 26.9 Å². The first-order valence-corrected chi connectivity index (χ1v) is 11.6. The number of amides is 1. The maximum absolute atomic E-state index is 13.0. The van der Waals surface area contributed by atoms with Crippen LogP contribution in [0.2, 0.25) is 0 Å². The Morgan fingerprint density at radius 1 is 1.06 bits per heavy atom. The average Bonchev–Trinajstić information content (AvgIpc) is 3.21. The van der Waals surface area contributed by atoms with Gasteiger partial charge in [-0.2, -0.15) is 5.10 Å². The maximum Gasteiger partial charge on any atom is 0.272 e. The van der Waals surface area contributed by atoms with Crippen LogP contribution in [0.15, 0.2) is 18.2 Å². The molecule has 2 aromatic rings. The van der Waals surface area contributed by atoms with Gasteiger partial charge in [-0.15, -0.1) is 0 Å². The minimum Gasteiger partial charge on any atom is -0.494 e. The van der Waals surface area contributed by atoms with Crippen molar-refractivity contribution in [2.24, 2.45) is 0 Å². The number of methoxy groups -OCH3 is 1. The molecule has 1 aromatic carbocycles. The Kier molecular flexibility index (Phi) is 7.77. The molecule has 1 N–H and O–H groups in total. The number of likely N-dealkylation sites (tertiary alicyclic amines) is 1. The van der Waals surface area contributed by atoms with Crippen LogP contribution >= 0.6 is 0 Å². The van der Waals surface area contributed by atoms with Crippen LogP contribution in [0.4, 0.5) is 0 Å². The quantitative estimate of drug-likeness (QED) is 0.615. The van der Waals surface area contributed by atoms with E-state index in [0.717, 1.165) is 62.5 Å². The standard InChI is InChI=1S/C23H35N5O3/c1-30-20-8-5-7-19-21(23(29)24-9-6-12-26-10-3-2-4-11-26)25-28(22(19)20)14-13-27-15-17-31-18-16-27/h5,7-8H,2-4,6,9-18H2,1H3,(H,24,29). The molecule has 4 rings (SSSR count). The first-order chi connectivity index (χ1) is 15.3. The number of piperidine rings is 1. The number of hydrogen-bond donors (Lipinski definition) is 1. The Balaban J connectivity index is 1.41. The third kappa shape index (κ3) is 5.56. The predicted molar refractivity (Wildman–Crippen MR) is 121 cm³/mol. The molecule has 0 spiro atoms. The van der Waals surface area contributed by atoms with Crippen LogP contribution in [0, 0.1) is 0 Å². The number of hydrogen-bond acceptors (Lipinski definition) is 6. The highest BCUT2D eigenvalue weighted by Gasteiger charge is 2.21. The molecule has 8 heteroatoms. The van der Waals surface area contributed by atoms with Crippen molar-refractivity contribution >= 4 is 16.8 Å². The van der Waals surface area contributed by atoms with Crippen LogP contribution in [0.1, 0.15) is 36.2 Å². The zero-order valence-corrected chi connectivity index (χ0v) is 18.6. The molecular weight excluding hydrogens is 394 g/mol. The molecular formula is C23H35N5O3. The Morgan fingerprint density at radius 3 is 2.61 bits per heavy atom. The fourth-order valence-electron chi connectivity index (χ4n) is 4.53. The number of morpholine rings is 1. The third-order valence-electron chi connectivity index (χ3n) is 6.29. The van der Waals surface area contributed by atoms with Gasteiger partial charge in [0.25, 0.3) is 5.91 Å². The Morgan fingerprint density at radius 2 is 1.84 bits per heavy atom. The molecule has 170 valence electrons. The number of para-hydroxylation sites is 1. The number of ether oxygens (including phenoxy) is 2. The number of nitrogens with zero attached hydrogens (tertiary/aromatic N) is 4. The summed E-state index contributed by atoms with van der Waals surface area (Å²) in [5.74, 6) is 0.637. The molecule has 0 bridgehead atoms. The minimum atomic E-state index is -0.109. The van der Waals surface area contributed by atoms with Crippen LogP contribution in [0.3, 0.4) is 0 Å². The fourth-order valence-corrected chi connectivity index (χ4v) is 4.53. The van der Waals surface area contributed by atoms with E-state index in [-0.39, 0.29) is 5.91 Å². The molecule has 8 nitrogen and oxygen atoms in total. The fraction of sp³-hybridized carbons (Fsp3) is 0.652. The van der Waals surface area contributed by atoms with E-state index < -0.39 is 0 Å². The Bertz CT molecular complexity index is 856. The highest BCUT2D eigenvalue weighted by Crippen LogP contribution is 2.28. The van der Waals surface area contributed by atoms with Gasteiger partial charge in [0.15, 0.2) is 5.69 Å². The first kappa shape index (κ1) is 22.0. The molecule has 0 unspecified atom stereocenters. The number of rotatable bonds is 9. The zero-order valence-electron chi connectivity index (χ0n) is 18.6. The molecule has 0 saturated carbocycles. The van der Waals surface area contributed by atoms with Gasteiger partial charge < -0.3 is 19.7 Å². The van der Waals surface area contributed by atoms with Crippen LogP contribution < -0.4 is 10.1 Å². The van der Waals surface area contributed by atoms with Crippen molar-refractivity contribution in [1.29, 1.82) is 0 Å². The molecule has 31 heavy (non-hydrogen) atoms. The lowest BCUT2D eigenvalue weighted by molar-refractivity contribution is 0.0361. The van der Waals surface area contributed by atoms with Crippen molar-refractivity contribution in [1.82, 2.24) is 24.9 Å². The molecule has 3 heterocycles. The molecule has 1 amide bonds. The summed E-state index contributed by atoms with van der Waals surface area (Å²) in [7, 11) is 1.66. The second-order valence-electron chi connectivity index (χ2n) is 8.39. The van der Waals surface area contributed by atoms with Gasteiger partial charge in [0, 0.05) is 31.6 Å². The number of fused-ring (bicyclic) bond motifs is 1. The molecule has 2 aliphatic rings. The lowest BCUT2D eigenvalue weighted by Gasteiger charge is -2.26. The summed E-state index contributed by atoms with van der Waals surface area (Å²) in [5, 5.41) is 8.63. The van der Waals surface area contributed by atoms with Gasteiger partial charge in [0.2, 0.25) is 0 Å². The third-order valence-corrected chi connectivity index (χ3v) is 6.29. The summed E-state index contributed by atoms with van der Waals surface area (Å²) in [6, 6.07) is 5.80. The van der Waals surface area contributed by atoms with E-state index >= 15 is 0 Å². The number of carbonyl (C=O) groups is 1. The molecule has 0 atom stereocenters. The number of aromatic nitrogens is 2. The van der Waals surface area contributed by atoms with E-state index in [1.165, 1.54) is 32.4 Å². The summed E-state index contributed by atoms with van der Waals surface area (Å²) in [6.45, 7) is 9.07. The highest BCUT2D eigenvalue weighted by atomic mass is 16.5. The Hall–Kier alpha value is -2.16. The van der Waals surface area contributed by atoms with Crippen molar-refractivity contribution in [2.45, 2.75) is 32.2 Å². The lowest BCUT2D eigenvalue weighted by atomic mass is 10.1. The molecule has 0 radical (unpaired) electrons. The van der Waals surface area contributed by atoms with E-state index in [0.29, 0.717) is 18.8 Å². The lowest BCUT2D eigenvalue weighted by Crippen LogP contribution is -2.38. The van der Waals surface area contributed by atoms with E-state index in [1.54, 1.807) is 7.11 Å². The topological polar surface area (TPSA) is 71.9 Å².